The SMILES string of the molecule is CCOC(=O)[C@H]1CCC[C@H](COc2ccc(-c3ccnn3C3CCCCO3)nc2)C1. The van der Waals surface area contributed by atoms with Crippen LogP contribution in [0.2, 0.25) is 0 Å². The molecule has 0 spiro atoms. The van der Waals surface area contributed by atoms with Gasteiger partial charge in [-0.25, -0.2) is 4.68 Å². The van der Waals surface area contributed by atoms with Crippen LogP contribution < -0.4 is 4.74 Å². The third-order valence-electron chi connectivity index (χ3n) is 5.99. The summed E-state index contributed by atoms with van der Waals surface area (Å²) in [6, 6.07) is 5.89. The van der Waals surface area contributed by atoms with E-state index in [4.69, 9.17) is 14.2 Å². The molecule has 0 amide bonds. The fourth-order valence-electron chi connectivity index (χ4n) is 4.41. The van der Waals surface area contributed by atoms with Crippen molar-refractivity contribution in [3.8, 4) is 17.1 Å². The first-order valence-electron chi connectivity index (χ1n) is 11.2. The topological polar surface area (TPSA) is 75.5 Å². The van der Waals surface area contributed by atoms with Crippen molar-refractivity contribution in [2.75, 3.05) is 19.8 Å². The Morgan fingerprint density at radius 2 is 2.13 bits per heavy atom. The number of carbonyl (C=O) groups excluding carboxylic acids is 1. The molecule has 0 aromatic carbocycles. The largest absolute Gasteiger partial charge is 0.492 e. The van der Waals surface area contributed by atoms with E-state index in [9.17, 15) is 4.79 Å². The van der Waals surface area contributed by atoms with Gasteiger partial charge in [0, 0.05) is 12.8 Å². The summed E-state index contributed by atoms with van der Waals surface area (Å²) >= 11 is 0. The van der Waals surface area contributed by atoms with E-state index in [0.717, 1.165) is 68.7 Å². The van der Waals surface area contributed by atoms with Crippen molar-refractivity contribution in [2.45, 2.75) is 58.1 Å². The lowest BCUT2D eigenvalue weighted by Gasteiger charge is -2.27. The molecule has 7 nitrogen and oxygen atoms in total. The highest BCUT2D eigenvalue weighted by atomic mass is 16.5. The first-order valence-corrected chi connectivity index (χ1v) is 11.2. The normalized spacial score (nSPS) is 24.4. The number of esters is 1. The second-order valence-corrected chi connectivity index (χ2v) is 8.15. The zero-order valence-electron chi connectivity index (χ0n) is 17.7. The fourth-order valence-corrected chi connectivity index (χ4v) is 4.41. The van der Waals surface area contributed by atoms with E-state index in [2.05, 4.69) is 10.1 Å². The van der Waals surface area contributed by atoms with Gasteiger partial charge >= 0.3 is 5.97 Å². The molecule has 1 aliphatic heterocycles. The number of rotatable bonds is 7. The maximum Gasteiger partial charge on any atom is 0.308 e. The van der Waals surface area contributed by atoms with E-state index >= 15 is 0 Å². The molecule has 1 saturated heterocycles. The molecule has 1 saturated carbocycles. The number of aromatic nitrogens is 3. The van der Waals surface area contributed by atoms with Crippen LogP contribution in [0.3, 0.4) is 0 Å². The van der Waals surface area contributed by atoms with Crippen LogP contribution in [0.15, 0.2) is 30.6 Å². The van der Waals surface area contributed by atoms with E-state index in [1.54, 1.807) is 12.4 Å². The highest BCUT2D eigenvalue weighted by Crippen LogP contribution is 2.31. The zero-order valence-corrected chi connectivity index (χ0v) is 17.7. The van der Waals surface area contributed by atoms with Crippen molar-refractivity contribution in [3.63, 3.8) is 0 Å². The molecule has 0 N–H and O–H groups in total. The quantitative estimate of drug-likeness (QED) is 0.627. The minimum atomic E-state index is -0.0632. The summed E-state index contributed by atoms with van der Waals surface area (Å²) in [6.45, 7) is 3.68. The molecule has 2 fully saturated rings. The molecule has 7 heteroatoms. The zero-order chi connectivity index (χ0) is 20.8. The van der Waals surface area contributed by atoms with E-state index in [1.165, 1.54) is 0 Å². The third kappa shape index (κ3) is 5.01. The predicted octanol–water partition coefficient (Wildman–Crippen LogP) is 4.39. The Kier molecular flexibility index (Phi) is 7.00. The van der Waals surface area contributed by atoms with Crippen molar-refractivity contribution in [2.24, 2.45) is 11.8 Å². The highest BCUT2D eigenvalue weighted by Gasteiger charge is 2.28. The molecule has 0 radical (unpaired) electrons. The van der Waals surface area contributed by atoms with E-state index < -0.39 is 0 Å². The molecule has 2 aromatic rings. The molecular weight excluding hydrogens is 382 g/mol. The van der Waals surface area contributed by atoms with Crippen molar-refractivity contribution < 1.29 is 19.0 Å². The minimum absolute atomic E-state index is 0.00935. The lowest BCUT2D eigenvalue weighted by Crippen LogP contribution is -2.27. The standard InChI is InChI=1S/C23H31N3O4/c1-2-28-23(27)18-7-5-6-17(14-18)16-30-19-9-10-20(24-15-19)21-11-12-25-26(21)22-8-3-4-13-29-22/h9-12,15,17-18,22H,2-8,13-14,16H2,1H3/t17-,18-,22?/m0/s1. The number of pyridine rings is 1. The molecule has 30 heavy (non-hydrogen) atoms. The molecule has 2 aromatic heterocycles. The van der Waals surface area contributed by atoms with Crippen LogP contribution >= 0.6 is 0 Å². The van der Waals surface area contributed by atoms with Crippen LogP contribution in [0.25, 0.3) is 11.4 Å². The van der Waals surface area contributed by atoms with Gasteiger partial charge in [-0.05, 0) is 69.6 Å². The average Bonchev–Trinajstić information content (AvgIpc) is 3.29. The minimum Gasteiger partial charge on any atom is -0.492 e. The fraction of sp³-hybridized carbons (Fsp3) is 0.609. The Hall–Kier alpha value is -2.41. The van der Waals surface area contributed by atoms with Crippen molar-refractivity contribution in [1.29, 1.82) is 0 Å². The van der Waals surface area contributed by atoms with Crippen LogP contribution in [0.4, 0.5) is 0 Å². The number of nitrogens with zero attached hydrogens (tertiary/aromatic N) is 3. The van der Waals surface area contributed by atoms with Gasteiger partial charge in [-0.2, -0.15) is 5.10 Å². The summed E-state index contributed by atoms with van der Waals surface area (Å²) in [4.78, 5) is 16.6. The predicted molar refractivity (Wildman–Crippen MR) is 112 cm³/mol. The van der Waals surface area contributed by atoms with Gasteiger partial charge in [0.2, 0.25) is 0 Å². The lowest BCUT2D eigenvalue weighted by atomic mass is 9.82. The van der Waals surface area contributed by atoms with Crippen LogP contribution in [-0.4, -0.2) is 40.6 Å². The second-order valence-electron chi connectivity index (χ2n) is 8.15. The Morgan fingerprint density at radius 1 is 1.20 bits per heavy atom. The van der Waals surface area contributed by atoms with Gasteiger partial charge < -0.3 is 14.2 Å². The monoisotopic (exact) mass is 413 g/mol. The van der Waals surface area contributed by atoms with Gasteiger partial charge in [0.05, 0.1) is 36.7 Å². The summed E-state index contributed by atoms with van der Waals surface area (Å²) in [5.74, 6) is 1.07. The van der Waals surface area contributed by atoms with Crippen molar-refractivity contribution in [1.82, 2.24) is 14.8 Å². The Labute approximate surface area is 177 Å². The molecule has 2 aliphatic rings. The number of hydrogen-bond donors (Lipinski definition) is 0. The molecule has 1 aliphatic carbocycles. The second kappa shape index (κ2) is 10.1. The molecule has 3 heterocycles. The average molecular weight is 414 g/mol. The van der Waals surface area contributed by atoms with Gasteiger partial charge in [-0.1, -0.05) is 6.42 Å². The van der Waals surface area contributed by atoms with Gasteiger partial charge in [0.25, 0.3) is 0 Å². The highest BCUT2D eigenvalue weighted by molar-refractivity contribution is 5.72. The Bertz CT molecular complexity index is 814. The van der Waals surface area contributed by atoms with Crippen LogP contribution in [0, 0.1) is 11.8 Å². The van der Waals surface area contributed by atoms with Crippen molar-refractivity contribution in [3.05, 3.63) is 30.6 Å². The Morgan fingerprint density at radius 3 is 2.90 bits per heavy atom. The summed E-state index contributed by atoms with van der Waals surface area (Å²) in [7, 11) is 0. The maximum atomic E-state index is 12.0. The van der Waals surface area contributed by atoms with E-state index in [1.807, 2.05) is 29.8 Å². The number of carbonyl (C=O) groups is 1. The molecule has 1 unspecified atom stereocenters. The summed E-state index contributed by atoms with van der Waals surface area (Å²) < 4.78 is 19.0. The first-order chi connectivity index (χ1) is 14.7. The third-order valence-corrected chi connectivity index (χ3v) is 5.99. The lowest BCUT2D eigenvalue weighted by molar-refractivity contribution is -0.149. The summed E-state index contributed by atoms with van der Waals surface area (Å²) in [6.07, 6.45) is 10.7. The summed E-state index contributed by atoms with van der Waals surface area (Å²) in [5, 5.41) is 4.45. The molecule has 4 rings (SSSR count). The van der Waals surface area contributed by atoms with E-state index in [-0.39, 0.29) is 18.1 Å². The van der Waals surface area contributed by atoms with Crippen LogP contribution in [0.1, 0.15) is 58.1 Å². The van der Waals surface area contributed by atoms with Crippen LogP contribution in [-0.2, 0) is 14.3 Å². The molecule has 0 bridgehead atoms. The van der Waals surface area contributed by atoms with Gasteiger partial charge in [-0.15, -0.1) is 0 Å². The Balaban J connectivity index is 1.33. The number of ether oxygens (including phenoxy) is 3. The van der Waals surface area contributed by atoms with Gasteiger partial charge in [-0.3, -0.25) is 9.78 Å². The van der Waals surface area contributed by atoms with Gasteiger partial charge in [0.1, 0.15) is 5.75 Å². The molecular formula is C23H31N3O4. The maximum absolute atomic E-state index is 12.0. The number of hydrogen-bond acceptors (Lipinski definition) is 6. The van der Waals surface area contributed by atoms with E-state index in [0.29, 0.717) is 19.1 Å². The first kappa shape index (κ1) is 20.8. The van der Waals surface area contributed by atoms with Crippen LogP contribution in [0.5, 0.6) is 5.75 Å². The molecule has 3 atom stereocenters. The van der Waals surface area contributed by atoms with Gasteiger partial charge in [0.15, 0.2) is 6.23 Å². The smallest absolute Gasteiger partial charge is 0.308 e. The molecule has 162 valence electrons. The van der Waals surface area contributed by atoms with Crippen molar-refractivity contribution >= 4 is 5.97 Å². The summed E-state index contributed by atoms with van der Waals surface area (Å²) in [5.41, 5.74) is 1.81.